The summed E-state index contributed by atoms with van der Waals surface area (Å²) in [4.78, 5) is 15.2. The van der Waals surface area contributed by atoms with Crippen LogP contribution in [0.3, 0.4) is 0 Å². The van der Waals surface area contributed by atoms with Gasteiger partial charge in [-0.15, -0.1) is 0 Å². The third kappa shape index (κ3) is 3.14. The number of hydrogen-bond donors (Lipinski definition) is 3. The molecule has 2 heterocycles. The third-order valence-corrected chi connectivity index (χ3v) is 3.46. The number of nitrogen functional groups attached to an aromatic ring is 1. The van der Waals surface area contributed by atoms with Crippen molar-refractivity contribution in [2.24, 2.45) is 11.7 Å². The zero-order chi connectivity index (χ0) is 13.8. The fraction of sp³-hybridized carbons (Fsp3) is 0.538. The topological polar surface area (TPSA) is 103 Å². The van der Waals surface area contributed by atoms with Crippen LogP contribution in [0.5, 0.6) is 0 Å². The van der Waals surface area contributed by atoms with Gasteiger partial charge in [0, 0.05) is 19.1 Å². The number of carbonyl (C=O) groups excluding carboxylic acids is 1. The van der Waals surface area contributed by atoms with Crippen LogP contribution in [0.25, 0.3) is 0 Å². The molecule has 1 aliphatic rings. The molecule has 19 heavy (non-hydrogen) atoms. The molecular weight excluding hydrogens is 244 g/mol. The highest BCUT2D eigenvalue weighted by atomic mass is 16.5. The van der Waals surface area contributed by atoms with E-state index in [1.54, 1.807) is 6.07 Å². The zero-order valence-electron chi connectivity index (χ0n) is 11.1. The van der Waals surface area contributed by atoms with Crippen molar-refractivity contribution in [1.29, 1.82) is 0 Å². The summed E-state index contributed by atoms with van der Waals surface area (Å²) in [6, 6.07) is 3.16. The predicted molar refractivity (Wildman–Crippen MR) is 73.8 cm³/mol. The van der Waals surface area contributed by atoms with Crippen LogP contribution in [-0.2, 0) is 4.74 Å². The standard InChI is InChI=1S/C13H20N4O2/c1-2-11-8(5-6-19-11)7-16-13-9(14)3-4-10(17-13)12(15)18/h3-4,8,11H,2,5-7,14H2,1H3,(H2,15,18)(H,16,17). The van der Waals surface area contributed by atoms with E-state index in [1.165, 1.54) is 6.07 Å². The second kappa shape index (κ2) is 5.88. The van der Waals surface area contributed by atoms with Crippen molar-refractivity contribution in [2.45, 2.75) is 25.9 Å². The number of nitrogens with one attached hydrogen (secondary N) is 1. The van der Waals surface area contributed by atoms with Gasteiger partial charge in [-0.1, -0.05) is 6.92 Å². The number of nitrogens with zero attached hydrogens (tertiary/aromatic N) is 1. The van der Waals surface area contributed by atoms with E-state index in [-0.39, 0.29) is 11.8 Å². The molecule has 6 heteroatoms. The van der Waals surface area contributed by atoms with E-state index in [0.717, 1.165) is 26.0 Å². The van der Waals surface area contributed by atoms with Gasteiger partial charge in [0.05, 0.1) is 11.8 Å². The lowest BCUT2D eigenvalue weighted by Crippen LogP contribution is -2.24. The van der Waals surface area contributed by atoms with Gasteiger partial charge >= 0.3 is 0 Å². The van der Waals surface area contributed by atoms with Gasteiger partial charge in [0.25, 0.3) is 5.91 Å². The molecule has 1 fully saturated rings. The van der Waals surface area contributed by atoms with E-state index in [0.29, 0.717) is 17.4 Å². The van der Waals surface area contributed by atoms with E-state index in [4.69, 9.17) is 16.2 Å². The highest BCUT2D eigenvalue weighted by Gasteiger charge is 2.26. The number of pyridine rings is 1. The van der Waals surface area contributed by atoms with Gasteiger partial charge in [0.15, 0.2) is 0 Å². The van der Waals surface area contributed by atoms with Crippen molar-refractivity contribution in [2.75, 3.05) is 24.2 Å². The lowest BCUT2D eigenvalue weighted by atomic mass is 10.00. The SMILES string of the molecule is CCC1OCCC1CNc1nc(C(N)=O)ccc1N. The Kier molecular flexibility index (Phi) is 4.21. The van der Waals surface area contributed by atoms with E-state index in [9.17, 15) is 4.79 Å². The van der Waals surface area contributed by atoms with Crippen molar-refractivity contribution in [1.82, 2.24) is 4.98 Å². The lowest BCUT2D eigenvalue weighted by Gasteiger charge is -2.18. The lowest BCUT2D eigenvalue weighted by molar-refractivity contribution is 0.0899. The normalized spacial score (nSPS) is 22.4. The average molecular weight is 264 g/mol. The summed E-state index contributed by atoms with van der Waals surface area (Å²) in [6.07, 6.45) is 2.31. The van der Waals surface area contributed by atoms with Gasteiger partial charge in [0.2, 0.25) is 0 Å². The third-order valence-electron chi connectivity index (χ3n) is 3.46. The molecule has 1 aromatic rings. The molecule has 0 aromatic carbocycles. The number of hydrogen-bond acceptors (Lipinski definition) is 5. The molecule has 2 unspecified atom stereocenters. The Morgan fingerprint density at radius 3 is 3.05 bits per heavy atom. The van der Waals surface area contributed by atoms with Crippen LogP contribution in [0.1, 0.15) is 30.3 Å². The molecule has 1 amide bonds. The van der Waals surface area contributed by atoms with E-state index < -0.39 is 5.91 Å². The van der Waals surface area contributed by atoms with Crippen LogP contribution in [0.15, 0.2) is 12.1 Å². The Hall–Kier alpha value is -1.82. The van der Waals surface area contributed by atoms with Crippen LogP contribution in [-0.4, -0.2) is 30.1 Å². The molecule has 6 nitrogen and oxygen atoms in total. The Morgan fingerprint density at radius 2 is 2.37 bits per heavy atom. The molecule has 0 radical (unpaired) electrons. The quantitative estimate of drug-likeness (QED) is 0.735. The summed E-state index contributed by atoms with van der Waals surface area (Å²) in [6.45, 7) is 3.65. The first kappa shape index (κ1) is 13.6. The number of nitrogens with two attached hydrogens (primary N) is 2. The molecule has 1 aromatic heterocycles. The Bertz CT molecular complexity index is 464. The summed E-state index contributed by atoms with van der Waals surface area (Å²) in [7, 11) is 0. The minimum Gasteiger partial charge on any atom is -0.396 e. The molecule has 2 atom stereocenters. The van der Waals surface area contributed by atoms with Gasteiger partial charge in [-0.05, 0) is 25.0 Å². The largest absolute Gasteiger partial charge is 0.396 e. The maximum atomic E-state index is 11.1. The van der Waals surface area contributed by atoms with Crippen molar-refractivity contribution in [3.8, 4) is 0 Å². The van der Waals surface area contributed by atoms with E-state index in [2.05, 4.69) is 17.2 Å². The minimum atomic E-state index is -0.557. The van der Waals surface area contributed by atoms with Crippen LogP contribution < -0.4 is 16.8 Å². The van der Waals surface area contributed by atoms with Gasteiger partial charge in [0.1, 0.15) is 11.5 Å². The van der Waals surface area contributed by atoms with Crippen LogP contribution in [0.4, 0.5) is 11.5 Å². The maximum absolute atomic E-state index is 11.1. The number of aromatic nitrogens is 1. The smallest absolute Gasteiger partial charge is 0.267 e. The van der Waals surface area contributed by atoms with Crippen LogP contribution in [0, 0.1) is 5.92 Å². The molecule has 0 spiro atoms. The monoisotopic (exact) mass is 264 g/mol. The number of anilines is 2. The fourth-order valence-electron chi connectivity index (χ4n) is 2.35. The highest BCUT2D eigenvalue weighted by Crippen LogP contribution is 2.24. The molecule has 2 rings (SSSR count). The van der Waals surface area contributed by atoms with Crippen molar-refractivity contribution in [3.63, 3.8) is 0 Å². The maximum Gasteiger partial charge on any atom is 0.267 e. The predicted octanol–water partition coefficient (Wildman–Crippen LogP) is 0.990. The molecule has 0 saturated carbocycles. The second-order valence-corrected chi connectivity index (χ2v) is 4.75. The number of primary amides is 1. The van der Waals surface area contributed by atoms with Gasteiger partial charge in [-0.25, -0.2) is 4.98 Å². The molecule has 104 valence electrons. The van der Waals surface area contributed by atoms with Crippen molar-refractivity contribution in [3.05, 3.63) is 17.8 Å². The fourth-order valence-corrected chi connectivity index (χ4v) is 2.35. The molecular formula is C13H20N4O2. The minimum absolute atomic E-state index is 0.214. The summed E-state index contributed by atoms with van der Waals surface area (Å²) in [5, 5.41) is 3.19. The van der Waals surface area contributed by atoms with E-state index >= 15 is 0 Å². The van der Waals surface area contributed by atoms with Crippen molar-refractivity contribution >= 4 is 17.4 Å². The molecule has 0 bridgehead atoms. The summed E-state index contributed by atoms with van der Waals surface area (Å²) >= 11 is 0. The molecule has 0 aliphatic carbocycles. The summed E-state index contributed by atoms with van der Waals surface area (Å²) in [5.74, 6) is 0.403. The summed E-state index contributed by atoms with van der Waals surface area (Å²) in [5.41, 5.74) is 11.8. The molecule has 5 N–H and O–H groups in total. The van der Waals surface area contributed by atoms with Crippen molar-refractivity contribution < 1.29 is 9.53 Å². The van der Waals surface area contributed by atoms with Gasteiger partial charge < -0.3 is 21.5 Å². The Morgan fingerprint density at radius 1 is 1.58 bits per heavy atom. The first-order valence-corrected chi connectivity index (χ1v) is 6.53. The number of rotatable bonds is 5. The highest BCUT2D eigenvalue weighted by molar-refractivity contribution is 5.91. The van der Waals surface area contributed by atoms with Crippen LogP contribution in [0.2, 0.25) is 0 Å². The second-order valence-electron chi connectivity index (χ2n) is 4.75. The van der Waals surface area contributed by atoms with Crippen LogP contribution >= 0.6 is 0 Å². The first-order chi connectivity index (χ1) is 9.11. The molecule has 1 saturated heterocycles. The van der Waals surface area contributed by atoms with Gasteiger partial charge in [-0.3, -0.25) is 4.79 Å². The summed E-state index contributed by atoms with van der Waals surface area (Å²) < 4.78 is 5.63. The Balaban J connectivity index is 2.02. The average Bonchev–Trinajstić information content (AvgIpc) is 2.85. The number of amides is 1. The number of ether oxygens (including phenoxy) is 1. The zero-order valence-corrected chi connectivity index (χ0v) is 11.1. The first-order valence-electron chi connectivity index (χ1n) is 6.53. The van der Waals surface area contributed by atoms with Gasteiger partial charge in [-0.2, -0.15) is 0 Å². The number of carbonyl (C=O) groups is 1. The molecule has 1 aliphatic heterocycles. The Labute approximate surface area is 112 Å². The van der Waals surface area contributed by atoms with E-state index in [1.807, 2.05) is 0 Å².